The van der Waals surface area contributed by atoms with Crippen molar-refractivity contribution in [1.82, 2.24) is 4.90 Å². The summed E-state index contributed by atoms with van der Waals surface area (Å²) in [6.45, 7) is 11.5. The molecular formula is C14H30N2O. The average molecular weight is 242 g/mol. The number of rotatable bonds is 6. The summed E-state index contributed by atoms with van der Waals surface area (Å²) in [5.41, 5.74) is 5.98. The molecule has 0 aromatic carbocycles. The van der Waals surface area contributed by atoms with E-state index >= 15 is 0 Å². The first-order valence-electron chi connectivity index (χ1n) is 6.61. The van der Waals surface area contributed by atoms with E-state index < -0.39 is 0 Å². The number of hydrogen-bond donors (Lipinski definition) is 1. The van der Waals surface area contributed by atoms with E-state index in [-0.39, 0.29) is 11.9 Å². The molecule has 2 atom stereocenters. The van der Waals surface area contributed by atoms with Gasteiger partial charge in [-0.3, -0.25) is 4.79 Å². The predicted octanol–water partition coefficient (Wildman–Crippen LogP) is 2.64. The van der Waals surface area contributed by atoms with E-state index in [2.05, 4.69) is 27.7 Å². The van der Waals surface area contributed by atoms with Crippen LogP contribution in [-0.4, -0.2) is 30.4 Å². The van der Waals surface area contributed by atoms with Crippen molar-refractivity contribution in [2.45, 2.75) is 59.9 Å². The van der Waals surface area contributed by atoms with Crippen molar-refractivity contribution in [1.29, 1.82) is 0 Å². The Labute approximate surface area is 107 Å². The zero-order valence-corrected chi connectivity index (χ0v) is 12.4. The first kappa shape index (κ1) is 16.4. The summed E-state index contributed by atoms with van der Waals surface area (Å²) < 4.78 is 0. The Morgan fingerprint density at radius 1 is 1.29 bits per heavy atom. The van der Waals surface area contributed by atoms with Crippen LogP contribution < -0.4 is 5.73 Å². The molecule has 0 spiro atoms. The molecule has 0 radical (unpaired) electrons. The molecule has 102 valence electrons. The molecule has 1 amide bonds. The van der Waals surface area contributed by atoms with Crippen LogP contribution in [0.4, 0.5) is 0 Å². The molecule has 17 heavy (non-hydrogen) atoms. The summed E-state index contributed by atoms with van der Waals surface area (Å²) in [7, 11) is 1.87. The van der Waals surface area contributed by atoms with Crippen LogP contribution in [0, 0.1) is 11.3 Å². The minimum absolute atomic E-state index is 0.164. The zero-order chi connectivity index (χ0) is 13.6. The Morgan fingerprint density at radius 2 is 1.82 bits per heavy atom. The third-order valence-corrected chi connectivity index (χ3v) is 2.83. The first-order chi connectivity index (χ1) is 7.61. The number of nitrogens with two attached hydrogens (primary N) is 1. The highest BCUT2D eigenvalue weighted by Crippen LogP contribution is 2.26. The topological polar surface area (TPSA) is 46.3 Å². The van der Waals surface area contributed by atoms with Crippen LogP contribution in [0.5, 0.6) is 0 Å². The molecule has 0 saturated carbocycles. The standard InChI is InChI=1S/C14H30N2O/c1-11(10-14(3,4)5)9-13(17)16(6)8-7-12(2)15/h11-12H,7-10,15H2,1-6H3. The molecule has 0 saturated heterocycles. The Hall–Kier alpha value is -0.570. The van der Waals surface area contributed by atoms with Gasteiger partial charge in [0, 0.05) is 26.1 Å². The zero-order valence-electron chi connectivity index (χ0n) is 12.4. The van der Waals surface area contributed by atoms with Crippen molar-refractivity contribution in [3.63, 3.8) is 0 Å². The highest BCUT2D eigenvalue weighted by molar-refractivity contribution is 5.76. The van der Waals surface area contributed by atoms with Gasteiger partial charge in [0.05, 0.1) is 0 Å². The molecule has 0 aliphatic heterocycles. The second-order valence-electron chi connectivity index (χ2n) is 6.66. The number of nitrogens with zero attached hydrogens (tertiary/aromatic N) is 1. The average Bonchev–Trinajstić information content (AvgIpc) is 2.10. The highest BCUT2D eigenvalue weighted by Gasteiger charge is 2.19. The van der Waals surface area contributed by atoms with E-state index in [4.69, 9.17) is 5.73 Å². The minimum atomic E-state index is 0.164. The monoisotopic (exact) mass is 242 g/mol. The molecule has 0 aliphatic carbocycles. The second-order valence-corrected chi connectivity index (χ2v) is 6.66. The number of carbonyl (C=O) groups excluding carboxylic acids is 1. The van der Waals surface area contributed by atoms with Gasteiger partial charge in [-0.2, -0.15) is 0 Å². The molecule has 0 aromatic heterocycles. The maximum Gasteiger partial charge on any atom is 0.222 e. The lowest BCUT2D eigenvalue weighted by Gasteiger charge is -2.25. The molecule has 0 bridgehead atoms. The second kappa shape index (κ2) is 7.00. The van der Waals surface area contributed by atoms with Crippen LogP contribution in [0.15, 0.2) is 0 Å². The van der Waals surface area contributed by atoms with Crippen molar-refractivity contribution >= 4 is 5.91 Å². The summed E-state index contributed by atoms with van der Waals surface area (Å²) >= 11 is 0. The maximum atomic E-state index is 11.9. The van der Waals surface area contributed by atoms with Crippen LogP contribution in [0.3, 0.4) is 0 Å². The van der Waals surface area contributed by atoms with Gasteiger partial charge in [0.25, 0.3) is 0 Å². The Kier molecular flexibility index (Phi) is 6.76. The summed E-state index contributed by atoms with van der Waals surface area (Å²) in [6.07, 6.45) is 2.60. The molecule has 0 fully saturated rings. The maximum absolute atomic E-state index is 11.9. The smallest absolute Gasteiger partial charge is 0.222 e. The fraction of sp³-hybridized carbons (Fsp3) is 0.929. The predicted molar refractivity (Wildman–Crippen MR) is 73.8 cm³/mol. The van der Waals surface area contributed by atoms with Gasteiger partial charge in [-0.05, 0) is 31.1 Å². The lowest BCUT2D eigenvalue weighted by molar-refractivity contribution is -0.131. The highest BCUT2D eigenvalue weighted by atomic mass is 16.2. The van der Waals surface area contributed by atoms with E-state index in [1.807, 2.05) is 18.9 Å². The quantitative estimate of drug-likeness (QED) is 0.778. The van der Waals surface area contributed by atoms with E-state index in [9.17, 15) is 4.79 Å². The lowest BCUT2D eigenvalue weighted by Crippen LogP contribution is -2.32. The first-order valence-corrected chi connectivity index (χ1v) is 6.61. The summed E-state index contributed by atoms with van der Waals surface area (Å²) in [5, 5.41) is 0. The van der Waals surface area contributed by atoms with Crippen molar-refractivity contribution < 1.29 is 4.79 Å². The van der Waals surface area contributed by atoms with Gasteiger partial charge < -0.3 is 10.6 Å². The van der Waals surface area contributed by atoms with Gasteiger partial charge in [0.1, 0.15) is 0 Å². The fourth-order valence-electron chi connectivity index (χ4n) is 2.09. The van der Waals surface area contributed by atoms with Gasteiger partial charge >= 0.3 is 0 Å². The molecule has 0 aliphatic rings. The molecule has 0 heterocycles. The van der Waals surface area contributed by atoms with Crippen LogP contribution in [0.1, 0.15) is 53.9 Å². The number of hydrogen-bond acceptors (Lipinski definition) is 2. The third kappa shape index (κ3) is 9.16. The molecule has 2 unspecified atom stereocenters. The Balaban J connectivity index is 3.99. The van der Waals surface area contributed by atoms with Crippen molar-refractivity contribution in [2.75, 3.05) is 13.6 Å². The van der Waals surface area contributed by atoms with E-state index in [1.165, 1.54) is 0 Å². The lowest BCUT2D eigenvalue weighted by atomic mass is 9.84. The Bertz CT molecular complexity index is 231. The molecular weight excluding hydrogens is 212 g/mol. The van der Waals surface area contributed by atoms with Crippen LogP contribution >= 0.6 is 0 Å². The Morgan fingerprint density at radius 3 is 2.24 bits per heavy atom. The number of amides is 1. The fourth-order valence-corrected chi connectivity index (χ4v) is 2.09. The van der Waals surface area contributed by atoms with E-state index in [0.29, 0.717) is 17.8 Å². The van der Waals surface area contributed by atoms with Crippen molar-refractivity contribution in [3.05, 3.63) is 0 Å². The van der Waals surface area contributed by atoms with Crippen LogP contribution in [-0.2, 0) is 4.79 Å². The molecule has 0 aromatic rings. The van der Waals surface area contributed by atoms with Gasteiger partial charge in [-0.15, -0.1) is 0 Å². The van der Waals surface area contributed by atoms with E-state index in [0.717, 1.165) is 19.4 Å². The van der Waals surface area contributed by atoms with Crippen molar-refractivity contribution in [2.24, 2.45) is 17.1 Å². The number of carbonyl (C=O) groups is 1. The largest absolute Gasteiger partial charge is 0.346 e. The van der Waals surface area contributed by atoms with Crippen LogP contribution in [0.25, 0.3) is 0 Å². The summed E-state index contributed by atoms with van der Waals surface area (Å²) in [4.78, 5) is 13.7. The van der Waals surface area contributed by atoms with Gasteiger partial charge in [-0.1, -0.05) is 27.7 Å². The van der Waals surface area contributed by atoms with Crippen LogP contribution in [0.2, 0.25) is 0 Å². The summed E-state index contributed by atoms with van der Waals surface area (Å²) in [5.74, 6) is 0.683. The van der Waals surface area contributed by atoms with Gasteiger partial charge in [0.15, 0.2) is 0 Å². The van der Waals surface area contributed by atoms with Gasteiger partial charge in [-0.25, -0.2) is 0 Å². The van der Waals surface area contributed by atoms with E-state index in [1.54, 1.807) is 0 Å². The summed E-state index contributed by atoms with van der Waals surface area (Å²) in [6, 6.07) is 0.164. The molecule has 0 rings (SSSR count). The normalized spacial score (nSPS) is 15.5. The third-order valence-electron chi connectivity index (χ3n) is 2.83. The molecule has 3 nitrogen and oxygen atoms in total. The van der Waals surface area contributed by atoms with Gasteiger partial charge in [0.2, 0.25) is 5.91 Å². The SMILES string of the molecule is CC(N)CCN(C)C(=O)CC(C)CC(C)(C)C. The minimum Gasteiger partial charge on any atom is -0.346 e. The van der Waals surface area contributed by atoms with Crippen molar-refractivity contribution in [3.8, 4) is 0 Å². The molecule has 3 heteroatoms. The molecule has 2 N–H and O–H groups in total.